The summed E-state index contributed by atoms with van der Waals surface area (Å²) >= 11 is 0.478. The molecule has 518 valence electrons. The summed E-state index contributed by atoms with van der Waals surface area (Å²) in [4.78, 5) is 12.0. The number of nitrogens with zero attached hydrogens (tertiary/aromatic N) is 4. The predicted molar refractivity (Wildman–Crippen MR) is 431 cm³/mol. The molecule has 0 N–H and O–H groups in total. The molecule has 4 nitrogen and oxygen atoms in total. The monoisotopic (exact) mass is 1440 g/mol. The molecule has 10 aromatic carbocycles. The Morgan fingerprint density at radius 3 is 0.714 bits per heavy atom. The van der Waals surface area contributed by atoms with Crippen molar-refractivity contribution in [2.75, 3.05) is 0 Å². The molecule has 0 unspecified atom stereocenters. The molecule has 0 spiro atoms. The summed E-state index contributed by atoms with van der Waals surface area (Å²) in [5, 5.41) is 25.9. The maximum absolute atomic E-state index is 3.04. The standard InChI is InChI=1S/C92H118N4Se2/c1-9-17-25-33-67(34-26-18-10-2)93-51-59-41-43-71-83-73(45-61-53-95(69(37-29-21-13-5)38-30-22-14-6)57-65-49-77-89(91(83)81(61)65)87-75(97-77)47-63(55-93)79(59)85(71)87)74-46-62-54-96(70(39-31-23-15-7)40-32-24-16-8)58-66-50-78-90-88-76(98-78)48-64-56-94(68(35-27-19-11-3)36-28-20-12-4)52-60-42-44-72(86(88)80(60)64)84(74)92(90)82(62)66/h41-50,67-70H,9-40,51-58H2,1-8H3. The van der Waals surface area contributed by atoms with E-state index in [4.69, 9.17) is 0 Å². The Labute approximate surface area is 601 Å². The van der Waals surface area contributed by atoms with Gasteiger partial charge in [0, 0.05) is 0 Å². The van der Waals surface area contributed by atoms with Crippen LogP contribution in [0.25, 0.3) is 114 Å². The fourth-order valence-corrected chi connectivity index (χ4v) is 26.3. The van der Waals surface area contributed by atoms with Crippen LogP contribution in [0, 0.1) is 0 Å². The molecule has 0 amide bonds. The van der Waals surface area contributed by atoms with Crippen molar-refractivity contribution in [1.29, 1.82) is 0 Å². The molecule has 4 aliphatic rings. The molecule has 0 radical (unpaired) electrons. The van der Waals surface area contributed by atoms with E-state index in [2.05, 4.69) is 136 Å². The summed E-state index contributed by atoms with van der Waals surface area (Å²) in [7, 11) is 0. The molecule has 98 heavy (non-hydrogen) atoms. The van der Waals surface area contributed by atoms with Gasteiger partial charge in [-0.1, -0.05) is 0 Å². The van der Waals surface area contributed by atoms with Crippen molar-refractivity contribution in [3.05, 3.63) is 105 Å². The first kappa shape index (κ1) is 68.1. The van der Waals surface area contributed by atoms with Crippen molar-refractivity contribution in [1.82, 2.24) is 19.6 Å². The quantitative estimate of drug-likeness (QED) is 0.0166. The Bertz CT molecular complexity index is 4390. The zero-order valence-corrected chi connectivity index (χ0v) is 65.4. The van der Waals surface area contributed by atoms with Crippen LogP contribution in [0.1, 0.15) is 305 Å². The average molecular weight is 1440 g/mol. The van der Waals surface area contributed by atoms with Crippen molar-refractivity contribution in [2.45, 2.75) is 337 Å². The van der Waals surface area contributed by atoms with E-state index in [1.54, 1.807) is 159 Å². The molecular formula is C92H118N4Se2. The first-order chi connectivity index (χ1) is 48.3. The number of fused-ring (bicyclic) bond motifs is 2. The zero-order valence-electron chi connectivity index (χ0n) is 62.0. The van der Waals surface area contributed by atoms with Gasteiger partial charge in [0.05, 0.1) is 0 Å². The summed E-state index contributed by atoms with van der Waals surface area (Å²) < 4.78 is 6.71. The van der Waals surface area contributed by atoms with Crippen LogP contribution in [0.15, 0.2) is 60.7 Å². The molecular weight excluding hydrogens is 1320 g/mol. The first-order valence-corrected chi connectivity index (χ1v) is 44.6. The number of rotatable bonds is 37. The summed E-state index contributed by atoms with van der Waals surface area (Å²) in [5.41, 5.74) is 16.0. The molecule has 0 bridgehead atoms. The van der Waals surface area contributed by atoms with Crippen LogP contribution in [0.4, 0.5) is 0 Å². The van der Waals surface area contributed by atoms with Gasteiger partial charge in [0.1, 0.15) is 0 Å². The van der Waals surface area contributed by atoms with Gasteiger partial charge in [-0.2, -0.15) is 0 Å². The van der Waals surface area contributed by atoms with Gasteiger partial charge >= 0.3 is 606 Å². The second kappa shape index (κ2) is 29.8. The van der Waals surface area contributed by atoms with Crippen molar-refractivity contribution in [3.8, 4) is 11.1 Å². The predicted octanol–water partition coefficient (Wildman–Crippen LogP) is 26.1. The van der Waals surface area contributed by atoms with Gasteiger partial charge in [-0.05, 0) is 0 Å². The van der Waals surface area contributed by atoms with E-state index in [0.717, 1.165) is 52.4 Å². The number of hydrogen-bond acceptors (Lipinski definition) is 4. The van der Waals surface area contributed by atoms with E-state index >= 15 is 0 Å². The Kier molecular flexibility index (Phi) is 20.7. The third-order valence-corrected chi connectivity index (χ3v) is 30.4. The summed E-state index contributed by atoms with van der Waals surface area (Å²) in [6, 6.07) is 30.4. The van der Waals surface area contributed by atoms with Crippen LogP contribution in [0.3, 0.4) is 0 Å². The molecule has 0 atom stereocenters. The third-order valence-electron chi connectivity index (χ3n) is 25.8. The SMILES string of the molecule is CCCCCC(CCCCC)N1Cc2ccc3c4c(-c5cc6c7c(cc8[se]c9cc%10c%11c(ccc%12c5c7c8c9c%11%12)CN(C(CCCCC)CCCCC)C%10)CN(C(CCCCC)CCCCC)C6)cc5c6c(cc7[se]c8cc(c2c3c8c7c64)C1)CN(C(CCCCC)CCCCC)C5. The summed E-state index contributed by atoms with van der Waals surface area (Å²) in [6.45, 7) is 27.8. The zero-order chi connectivity index (χ0) is 66.7. The second-order valence-corrected chi connectivity index (χ2v) is 37.0. The summed E-state index contributed by atoms with van der Waals surface area (Å²) in [6.07, 6.45) is 42.5. The fraction of sp³-hybridized carbons (Fsp3) is 0.565. The molecule has 4 aliphatic heterocycles. The van der Waals surface area contributed by atoms with E-state index in [-0.39, 0.29) is 29.0 Å². The first-order valence-electron chi connectivity index (χ1n) is 41.2. The maximum atomic E-state index is 3.04. The van der Waals surface area contributed by atoms with Crippen LogP contribution >= 0.6 is 0 Å². The van der Waals surface area contributed by atoms with Crippen molar-refractivity contribution < 1.29 is 0 Å². The van der Waals surface area contributed by atoms with Gasteiger partial charge in [-0.3, -0.25) is 0 Å². The number of hydrogen-bond donors (Lipinski definition) is 0. The minimum atomic E-state index is 0.239. The van der Waals surface area contributed by atoms with E-state index in [1.165, 1.54) is 205 Å². The van der Waals surface area contributed by atoms with Gasteiger partial charge < -0.3 is 0 Å². The van der Waals surface area contributed by atoms with Crippen LogP contribution in [0.2, 0.25) is 0 Å². The third kappa shape index (κ3) is 12.1. The van der Waals surface area contributed by atoms with Crippen LogP contribution in [-0.2, 0) is 52.4 Å². The van der Waals surface area contributed by atoms with Gasteiger partial charge in [0.2, 0.25) is 0 Å². The van der Waals surface area contributed by atoms with Gasteiger partial charge in [-0.25, -0.2) is 0 Å². The normalized spacial score (nSPS) is 15.9. The Morgan fingerprint density at radius 2 is 0.459 bits per heavy atom. The van der Waals surface area contributed by atoms with E-state index in [9.17, 15) is 0 Å². The molecule has 0 fully saturated rings. The van der Waals surface area contributed by atoms with Crippen molar-refractivity contribution in [3.63, 3.8) is 0 Å². The Balaban J connectivity index is 0.973. The molecule has 0 aliphatic carbocycles. The molecule has 12 aromatic rings. The molecule has 16 rings (SSSR count). The topological polar surface area (TPSA) is 13.0 Å². The molecule has 0 saturated heterocycles. The van der Waals surface area contributed by atoms with Crippen LogP contribution < -0.4 is 0 Å². The molecule has 0 saturated carbocycles. The second-order valence-electron chi connectivity index (χ2n) is 32.5. The summed E-state index contributed by atoms with van der Waals surface area (Å²) in [5.74, 6) is 0. The molecule has 2 aromatic heterocycles. The Hall–Kier alpha value is -4.32. The van der Waals surface area contributed by atoms with E-state index in [0.29, 0.717) is 24.2 Å². The van der Waals surface area contributed by atoms with Gasteiger partial charge in [0.25, 0.3) is 0 Å². The van der Waals surface area contributed by atoms with Crippen LogP contribution in [-0.4, -0.2) is 72.8 Å². The van der Waals surface area contributed by atoms with Crippen molar-refractivity contribution in [2.24, 2.45) is 0 Å². The number of unbranched alkanes of at least 4 members (excludes halogenated alkanes) is 16. The minimum absolute atomic E-state index is 0.239. The Morgan fingerprint density at radius 1 is 0.235 bits per heavy atom. The van der Waals surface area contributed by atoms with E-state index in [1.807, 2.05) is 0 Å². The van der Waals surface area contributed by atoms with Crippen molar-refractivity contribution >= 4 is 132 Å². The van der Waals surface area contributed by atoms with Crippen LogP contribution in [0.5, 0.6) is 0 Å². The average Bonchev–Trinajstić information content (AvgIpc) is 1.29. The van der Waals surface area contributed by atoms with E-state index < -0.39 is 0 Å². The van der Waals surface area contributed by atoms with Gasteiger partial charge in [0.15, 0.2) is 0 Å². The molecule has 6 heteroatoms. The molecule has 6 heterocycles. The van der Waals surface area contributed by atoms with Gasteiger partial charge in [-0.15, -0.1) is 0 Å². The fourth-order valence-electron chi connectivity index (χ4n) is 21.0. The number of benzene rings is 10.